The third kappa shape index (κ3) is 17.7. The Balaban J connectivity index is 1.29. The summed E-state index contributed by atoms with van der Waals surface area (Å²) in [5, 5.41) is -0.397. The van der Waals surface area contributed by atoms with E-state index in [0.717, 1.165) is 12.1 Å². The van der Waals surface area contributed by atoms with Crippen molar-refractivity contribution in [1.82, 2.24) is 0 Å². The van der Waals surface area contributed by atoms with E-state index in [1.807, 2.05) is 4.90 Å². The van der Waals surface area contributed by atoms with Crippen LogP contribution in [0.25, 0.3) is 21.5 Å². The van der Waals surface area contributed by atoms with Gasteiger partial charge in [-0.3, -0.25) is 23.0 Å². The highest BCUT2D eigenvalue weighted by Crippen LogP contribution is 2.54. The van der Waals surface area contributed by atoms with Gasteiger partial charge in [0.05, 0.1) is 65.5 Å². The predicted molar refractivity (Wildman–Crippen MR) is 330 cm³/mol. The first-order valence-electron chi connectivity index (χ1n) is 28.5. The highest BCUT2D eigenvalue weighted by molar-refractivity contribution is 7.87. The third-order valence-corrected chi connectivity index (χ3v) is 19.9. The molecule has 2 atom stereocenters. The number of carbonyl (C=O) groups is 1. The fourth-order valence-corrected chi connectivity index (χ4v) is 14.6. The number of rotatable bonds is 34. The lowest BCUT2D eigenvalue weighted by Crippen LogP contribution is -2.32. The summed E-state index contributed by atoms with van der Waals surface area (Å²) in [7, 11) is -22.4. The summed E-state index contributed by atoms with van der Waals surface area (Å²) in [5.74, 6) is -10.9. The van der Waals surface area contributed by atoms with Crippen molar-refractivity contribution >= 4 is 95.2 Å². The molecule has 2 aliphatic rings. The molecule has 5 aromatic carbocycles. The third-order valence-electron chi connectivity index (χ3n) is 15.7. The number of ether oxygens (including phenoxy) is 6. The van der Waals surface area contributed by atoms with Crippen molar-refractivity contribution in [1.29, 1.82) is 0 Å². The van der Waals surface area contributed by atoms with Gasteiger partial charge in [0.15, 0.2) is 23.9 Å². The average Bonchev–Trinajstić information content (AvgIpc) is 1.60. The minimum absolute atomic E-state index is 0.0130. The Kier molecular flexibility index (Phi) is 24.3. The standard InChI is InChI=1S/C60H68F4N2O22S5/c1-59(21-13-33-89(68,69)70)51(66(24-26-83-3)48-20-18-41-43(54(48)59)34-39(90(71,72)73)36-49(41)92(77,78)79)14-9-6-5-7-10-15-52-60(2,22-25-85-29-30-87-32-31-86-28-27-84-4)55-44-35-40(91(74,75)76)37-50(93(80,81)82)42(44)17-19-47(55)65(52)23-12-8-11-16-53(67)88-58-56(63)45(61)38-46(62)57(58)64/h5-7,9-10,14-15,17-20,34-38H,8,11-13,16,21-33H2,1-4H3,(H4-,68,69,70,71,72,73,74,75,76,77,78,79,80,81,82). The number of carbonyl (C=O) groups excluding carboxylic acids is 1. The first kappa shape index (κ1) is 74.0. The van der Waals surface area contributed by atoms with Crippen LogP contribution in [0.3, 0.4) is 0 Å². The Morgan fingerprint density at radius 1 is 0.591 bits per heavy atom. The van der Waals surface area contributed by atoms with E-state index >= 15 is 0 Å². The zero-order chi connectivity index (χ0) is 68.5. The molecule has 0 aromatic heterocycles. The molecule has 508 valence electrons. The molecular formula is C60H68F4N2O22S5. The Bertz CT molecular complexity index is 4400. The first-order chi connectivity index (χ1) is 43.6. The molecule has 2 unspecified atom stereocenters. The number of fused-ring (bicyclic) bond motifs is 6. The second-order valence-electron chi connectivity index (χ2n) is 21.9. The number of unbranched alkanes of at least 4 members (excludes halogenated alkanes) is 2. The molecule has 0 amide bonds. The van der Waals surface area contributed by atoms with Crippen LogP contribution in [-0.2, 0) is 89.9 Å². The smallest absolute Gasteiger partial charge is 0.311 e. The van der Waals surface area contributed by atoms with E-state index in [4.69, 9.17) is 23.7 Å². The van der Waals surface area contributed by atoms with E-state index < -0.39 is 128 Å². The second-order valence-corrected chi connectivity index (χ2v) is 29.1. The van der Waals surface area contributed by atoms with E-state index in [2.05, 4.69) is 4.74 Å². The van der Waals surface area contributed by atoms with Gasteiger partial charge in [0.25, 0.3) is 40.5 Å². The molecule has 0 spiro atoms. The summed E-state index contributed by atoms with van der Waals surface area (Å²) in [6.07, 6.45) is 11.2. The minimum atomic E-state index is -5.43. The quantitative estimate of drug-likeness (QED) is 0.00438. The van der Waals surface area contributed by atoms with Gasteiger partial charge in [-0.15, -0.1) is 0 Å². The number of benzene rings is 5. The van der Waals surface area contributed by atoms with E-state index in [9.17, 15) is 87.2 Å². The minimum Gasteiger partial charge on any atom is -0.744 e. The van der Waals surface area contributed by atoms with Gasteiger partial charge in [0, 0.05) is 79.7 Å². The molecule has 0 saturated carbocycles. The first-order valence-corrected chi connectivity index (χ1v) is 35.9. The predicted octanol–water partition coefficient (Wildman–Crippen LogP) is 8.45. The number of allylic oxidation sites excluding steroid dienone is 8. The van der Waals surface area contributed by atoms with Crippen LogP contribution in [0, 0.1) is 23.3 Å². The van der Waals surface area contributed by atoms with Crippen LogP contribution in [0.4, 0.5) is 28.9 Å². The Labute approximate surface area is 535 Å². The lowest BCUT2D eigenvalue weighted by molar-refractivity contribution is -0.441. The number of anilines is 1. The average molecular weight is 1410 g/mol. The Hall–Kier alpha value is -6.41. The molecule has 0 radical (unpaired) electrons. The molecule has 0 bridgehead atoms. The summed E-state index contributed by atoms with van der Waals surface area (Å²) in [4.78, 5) is 11.0. The van der Waals surface area contributed by atoms with Gasteiger partial charge in [-0.1, -0.05) is 42.9 Å². The summed E-state index contributed by atoms with van der Waals surface area (Å²) < 4.78 is 270. The van der Waals surface area contributed by atoms with E-state index in [1.54, 1.807) is 61.0 Å². The van der Waals surface area contributed by atoms with E-state index in [1.165, 1.54) is 38.5 Å². The topological polar surface area (TPSA) is 353 Å². The maximum atomic E-state index is 14.4. The molecule has 0 fully saturated rings. The molecule has 4 N–H and O–H groups in total. The van der Waals surface area contributed by atoms with Gasteiger partial charge in [-0.25, -0.2) is 17.2 Å². The Morgan fingerprint density at radius 3 is 1.72 bits per heavy atom. The normalized spacial score (nSPS) is 17.8. The summed E-state index contributed by atoms with van der Waals surface area (Å²) in [5.41, 5.74) is -0.323. The molecular weight excluding hydrogens is 1340 g/mol. The van der Waals surface area contributed by atoms with Gasteiger partial charge in [-0.05, 0) is 110 Å². The number of methoxy groups -OCH3 is 2. The van der Waals surface area contributed by atoms with Crippen LogP contribution < -0.4 is 9.64 Å². The number of hydrogen-bond acceptors (Lipinski definition) is 19. The summed E-state index contributed by atoms with van der Waals surface area (Å²) in [6.45, 7) is 5.20. The van der Waals surface area contributed by atoms with Gasteiger partial charge in [0.1, 0.15) is 21.6 Å². The van der Waals surface area contributed by atoms with Crippen LogP contribution in [-0.4, -0.2) is 167 Å². The van der Waals surface area contributed by atoms with Crippen molar-refractivity contribution in [2.24, 2.45) is 0 Å². The largest absolute Gasteiger partial charge is 0.744 e. The van der Waals surface area contributed by atoms with Crippen LogP contribution in [0.2, 0.25) is 0 Å². The molecule has 24 nitrogen and oxygen atoms in total. The molecule has 7 rings (SSSR count). The van der Waals surface area contributed by atoms with Crippen LogP contribution >= 0.6 is 0 Å². The van der Waals surface area contributed by atoms with Crippen molar-refractivity contribution in [3.8, 4) is 5.75 Å². The summed E-state index contributed by atoms with van der Waals surface area (Å²) >= 11 is 0. The molecule has 33 heteroatoms. The van der Waals surface area contributed by atoms with Crippen molar-refractivity contribution in [3.63, 3.8) is 0 Å². The number of halogens is 4. The van der Waals surface area contributed by atoms with Crippen LogP contribution in [0.5, 0.6) is 5.75 Å². The van der Waals surface area contributed by atoms with Crippen LogP contribution in [0.15, 0.2) is 122 Å². The maximum Gasteiger partial charge on any atom is 0.311 e. The fraction of sp³-hybridized carbons (Fsp3) is 0.400. The highest BCUT2D eigenvalue weighted by atomic mass is 32.2. The fourth-order valence-electron chi connectivity index (χ4n) is 11.5. The number of esters is 1. The second kappa shape index (κ2) is 30.5. The van der Waals surface area contributed by atoms with Gasteiger partial charge in [0.2, 0.25) is 23.1 Å². The zero-order valence-electron chi connectivity index (χ0n) is 50.6. The van der Waals surface area contributed by atoms with Gasteiger partial charge in [-0.2, -0.15) is 47.0 Å². The van der Waals surface area contributed by atoms with Crippen molar-refractivity contribution in [2.75, 3.05) is 90.8 Å². The Morgan fingerprint density at radius 2 is 1.14 bits per heavy atom. The lowest BCUT2D eigenvalue weighted by Gasteiger charge is -2.31. The zero-order valence-corrected chi connectivity index (χ0v) is 54.6. The molecule has 2 heterocycles. The molecule has 0 aliphatic carbocycles. The monoisotopic (exact) mass is 1400 g/mol. The lowest BCUT2D eigenvalue weighted by atomic mass is 9.74. The van der Waals surface area contributed by atoms with E-state index in [-0.39, 0.29) is 124 Å². The molecule has 93 heavy (non-hydrogen) atoms. The van der Waals surface area contributed by atoms with E-state index in [0.29, 0.717) is 53.7 Å². The maximum absolute atomic E-state index is 14.4. The number of nitrogens with zero attached hydrogens (tertiary/aromatic N) is 2. The number of hydrogen-bond donors (Lipinski definition) is 4. The molecule has 2 aliphatic heterocycles. The van der Waals surface area contributed by atoms with Crippen LogP contribution in [0.1, 0.15) is 69.9 Å². The molecule has 5 aromatic rings. The SMILES string of the molecule is COCCOCCOCCOCCC1(C)\C(=C/C=C/C=C/C=C/C2=[N+](CCOC)c3ccc4c(S(=O)(=O)O)cc(S(=O)(=O)O)cc4c3C2(C)CCCS(=O)(=O)O)N(CCCCCC(=O)Oc2c(F)c(F)cc(F)c2F)c2ccc3c(S(=O)(=O)[O-])cc(S(=O)(=O)O)cc3c21. The van der Waals surface area contributed by atoms with Gasteiger partial charge >= 0.3 is 5.97 Å². The van der Waals surface area contributed by atoms with Crippen molar-refractivity contribution < 1.29 is 120 Å². The molecule has 0 saturated heterocycles. The highest BCUT2D eigenvalue weighted by Gasteiger charge is 2.49. The van der Waals surface area contributed by atoms with Crippen molar-refractivity contribution in [2.45, 2.75) is 89.2 Å². The van der Waals surface area contributed by atoms with Crippen molar-refractivity contribution in [3.05, 3.63) is 137 Å². The summed E-state index contributed by atoms with van der Waals surface area (Å²) in [6, 6.07) is 8.86. The van der Waals surface area contributed by atoms with Gasteiger partial charge < -0.3 is 37.9 Å².